The molecule has 0 spiro atoms. The van der Waals surface area contributed by atoms with Gasteiger partial charge in [-0.05, 0) is 91.4 Å². The van der Waals surface area contributed by atoms with E-state index in [0.29, 0.717) is 17.1 Å². The monoisotopic (exact) mass is 968 g/mol. The van der Waals surface area contributed by atoms with Gasteiger partial charge in [-0.25, -0.2) is 0 Å². The summed E-state index contributed by atoms with van der Waals surface area (Å²) in [5, 5.41) is 31.5. The molecular weight excluding hydrogens is 909 g/mol. The molecule has 6 aromatic rings. The highest BCUT2D eigenvalue weighted by atomic mass is 32.1. The Morgan fingerprint density at radius 1 is 0.855 bits per heavy atom. The van der Waals surface area contributed by atoms with Crippen molar-refractivity contribution in [2.45, 2.75) is 105 Å². The summed E-state index contributed by atoms with van der Waals surface area (Å²) in [7, 11) is 0. The zero-order valence-corrected chi connectivity index (χ0v) is 42.0. The van der Waals surface area contributed by atoms with E-state index >= 15 is 0 Å². The predicted octanol–water partition coefficient (Wildman–Crippen LogP) is 7.43. The first kappa shape index (κ1) is 48.9. The Kier molecular flexibility index (Phi) is 14.6. The van der Waals surface area contributed by atoms with Gasteiger partial charge in [-0.2, -0.15) is 0 Å². The number of fused-ring (bicyclic) bond motifs is 3. The number of β-amino-alcohol motifs (C(OH)–C–C–N with tert-alkyl or cyclic N) is 1. The number of amides is 4. The van der Waals surface area contributed by atoms with Crippen LogP contribution in [-0.4, -0.2) is 92.0 Å². The van der Waals surface area contributed by atoms with Crippen LogP contribution in [0.1, 0.15) is 95.1 Å². The number of aliphatic hydroxyl groups is 1. The van der Waals surface area contributed by atoms with Crippen molar-refractivity contribution in [2.75, 3.05) is 19.7 Å². The normalized spacial score (nSPS) is 17.0. The molecule has 2 aliphatic rings. The lowest BCUT2D eigenvalue weighted by molar-refractivity contribution is -0.144. The number of hydrogen-bond donors (Lipinski definition) is 4. The van der Waals surface area contributed by atoms with Crippen LogP contribution in [0.3, 0.4) is 0 Å². The van der Waals surface area contributed by atoms with Crippen molar-refractivity contribution in [3.05, 3.63) is 140 Å². The molecule has 16 heteroatoms. The smallest absolute Gasteiger partial charge is 0.246 e. The number of hydrogen-bond acceptors (Lipinski definition) is 11. The summed E-state index contributed by atoms with van der Waals surface area (Å²) < 4.78 is 7.99. The second kappa shape index (κ2) is 20.6. The molecule has 0 bridgehead atoms. The molecule has 14 nitrogen and oxygen atoms in total. The Balaban J connectivity index is 0.829. The number of benzene rings is 3. The summed E-state index contributed by atoms with van der Waals surface area (Å²) in [4.78, 5) is 63.7. The molecule has 360 valence electrons. The topological polar surface area (TPSA) is 180 Å². The van der Waals surface area contributed by atoms with E-state index in [1.54, 1.807) is 46.9 Å². The van der Waals surface area contributed by atoms with E-state index < -0.39 is 35.6 Å². The summed E-state index contributed by atoms with van der Waals surface area (Å²) in [6, 6.07) is 23.1. The van der Waals surface area contributed by atoms with E-state index in [1.165, 1.54) is 20.2 Å². The molecule has 5 heterocycles. The van der Waals surface area contributed by atoms with Gasteiger partial charge >= 0.3 is 0 Å². The van der Waals surface area contributed by atoms with Gasteiger partial charge in [0.2, 0.25) is 23.6 Å². The molecule has 0 radical (unpaired) electrons. The average molecular weight is 969 g/mol. The number of aliphatic hydroxyl groups excluding tert-OH is 1. The minimum absolute atomic E-state index is 0.00278. The fourth-order valence-corrected chi connectivity index (χ4v) is 11.0. The maximum absolute atomic E-state index is 14.2. The number of carbonyl (C=O) groups excluding carboxylic acids is 4. The first-order chi connectivity index (χ1) is 32.9. The summed E-state index contributed by atoms with van der Waals surface area (Å²) in [5.41, 5.74) is 8.37. The second-order valence-electron chi connectivity index (χ2n) is 19.1. The van der Waals surface area contributed by atoms with Crippen LogP contribution in [0.2, 0.25) is 0 Å². The van der Waals surface area contributed by atoms with Crippen LogP contribution >= 0.6 is 22.7 Å². The van der Waals surface area contributed by atoms with Crippen molar-refractivity contribution in [1.29, 1.82) is 0 Å². The number of nitrogens with one attached hydrogen (secondary N) is 3. The number of aryl methyl sites for hydroxylation is 4. The molecule has 4 N–H and O–H groups in total. The lowest BCUT2D eigenvalue weighted by Gasteiger charge is -2.35. The van der Waals surface area contributed by atoms with Gasteiger partial charge in [0.05, 0.1) is 31.2 Å². The van der Waals surface area contributed by atoms with Crippen LogP contribution in [0.5, 0.6) is 5.75 Å². The first-order valence-corrected chi connectivity index (χ1v) is 25.0. The number of nitrogens with zero attached hydrogens (tertiary/aromatic N) is 5. The van der Waals surface area contributed by atoms with Crippen LogP contribution in [0, 0.1) is 40.0 Å². The molecule has 1 saturated heterocycles. The van der Waals surface area contributed by atoms with E-state index in [-0.39, 0.29) is 63.2 Å². The second-order valence-corrected chi connectivity index (χ2v) is 21.2. The molecule has 0 aliphatic carbocycles. The third-order valence-electron chi connectivity index (χ3n) is 12.8. The Morgan fingerprint density at radius 2 is 1.55 bits per heavy atom. The van der Waals surface area contributed by atoms with Crippen LogP contribution in [0.4, 0.5) is 0 Å². The Bertz CT molecular complexity index is 2880. The lowest BCUT2D eigenvalue weighted by atomic mass is 9.85. The molecule has 2 unspecified atom stereocenters. The molecular formula is C53H60N8O6S2. The van der Waals surface area contributed by atoms with Gasteiger partial charge in [-0.15, -0.1) is 32.9 Å². The highest BCUT2D eigenvalue weighted by Crippen LogP contribution is 2.40. The zero-order valence-electron chi connectivity index (χ0n) is 40.4. The van der Waals surface area contributed by atoms with E-state index in [9.17, 15) is 24.3 Å². The Labute approximate surface area is 411 Å². The molecule has 3 aromatic heterocycles. The third-order valence-corrected chi connectivity index (χ3v) is 15.0. The van der Waals surface area contributed by atoms with E-state index in [4.69, 9.17) is 9.73 Å². The zero-order chi connectivity index (χ0) is 49.1. The number of ether oxygens (including phenoxy) is 1. The van der Waals surface area contributed by atoms with Crippen molar-refractivity contribution in [3.63, 3.8) is 0 Å². The molecule has 1 fully saturated rings. The van der Waals surface area contributed by atoms with Gasteiger partial charge in [-0.1, -0.05) is 87.0 Å². The Hall–Kier alpha value is -6.49. The quantitative estimate of drug-likeness (QED) is 0.0768. The van der Waals surface area contributed by atoms with Crippen molar-refractivity contribution in [3.8, 4) is 21.2 Å². The van der Waals surface area contributed by atoms with E-state index in [1.807, 2.05) is 56.5 Å². The fourth-order valence-electron chi connectivity index (χ4n) is 8.81. The van der Waals surface area contributed by atoms with Gasteiger partial charge in [-0.3, -0.25) is 28.7 Å². The predicted molar refractivity (Wildman–Crippen MR) is 270 cm³/mol. The maximum Gasteiger partial charge on any atom is 0.246 e. The summed E-state index contributed by atoms with van der Waals surface area (Å²) in [6.45, 7) is 16.6. The summed E-state index contributed by atoms with van der Waals surface area (Å²) in [5.74, 6) is 0.578. The number of thiophene rings is 2. The van der Waals surface area contributed by atoms with Crippen LogP contribution < -0.4 is 20.7 Å². The van der Waals surface area contributed by atoms with Crippen LogP contribution in [0.25, 0.3) is 15.4 Å². The highest BCUT2D eigenvalue weighted by molar-refractivity contribution is 7.15. The summed E-state index contributed by atoms with van der Waals surface area (Å²) >= 11 is 3.36. The number of likely N-dealkylation sites (tertiary alicyclic amines) is 1. The molecule has 8 rings (SSSR count). The Morgan fingerprint density at radius 3 is 2.23 bits per heavy atom. The van der Waals surface area contributed by atoms with Gasteiger partial charge < -0.3 is 30.7 Å². The fraction of sp³-hybridized carbons (Fsp3) is 0.377. The SMILES string of the molecule is Cc1ccc(C2=NC(CC(=O)NCCOc3ccc(CC(=O)N[C@H](C(=O)N4CC(O)C[C@H]4C(=O)NCc4ccc(-c5sccc5C)cc4)C(C)(C)C)cc3)c3nnc(C)n3-c3sc(C)c(C)c32)cc1. The standard InChI is InChI=1S/C53H60N8O6S2/c1-30-9-15-37(16-10-30)46-45-32(3)33(4)69-52(45)61-34(5)58-59-49(61)41(56-46)27-43(63)54-22-23-67-40-19-13-35(14-20-40)25-44(64)57-48(53(6,7)8)51(66)60-29-39(62)26-42(60)50(65)55-28-36-11-17-38(18-12-36)47-31(2)21-24-68-47/h9-21,24,39,41-42,48,62H,22-23,25-29H2,1-8H3,(H,54,63)(H,55,65)(H,57,64)/t39?,41?,42-,48+/m0/s1. The third kappa shape index (κ3) is 11.0. The van der Waals surface area contributed by atoms with Gasteiger partial charge in [0.15, 0.2) is 5.82 Å². The first-order valence-electron chi connectivity index (χ1n) is 23.3. The lowest BCUT2D eigenvalue weighted by Crippen LogP contribution is -2.58. The molecule has 2 aliphatic heterocycles. The molecule has 4 amide bonds. The van der Waals surface area contributed by atoms with Crippen molar-refractivity contribution in [2.24, 2.45) is 10.4 Å². The number of carbonyl (C=O) groups is 4. The minimum Gasteiger partial charge on any atom is -0.492 e. The molecule has 3 aromatic carbocycles. The maximum atomic E-state index is 14.2. The summed E-state index contributed by atoms with van der Waals surface area (Å²) in [6.07, 6.45) is -0.695. The number of aliphatic imine (C=N–C) groups is 1. The highest BCUT2D eigenvalue weighted by Gasteiger charge is 2.44. The van der Waals surface area contributed by atoms with Crippen LogP contribution in [0.15, 0.2) is 89.2 Å². The largest absolute Gasteiger partial charge is 0.492 e. The molecule has 4 atom stereocenters. The number of rotatable bonds is 15. The van der Waals surface area contributed by atoms with Gasteiger partial charge in [0.25, 0.3) is 0 Å². The van der Waals surface area contributed by atoms with Gasteiger partial charge in [0.1, 0.15) is 41.3 Å². The van der Waals surface area contributed by atoms with Crippen LogP contribution in [-0.2, 0) is 32.1 Å². The van der Waals surface area contributed by atoms with E-state index in [0.717, 1.165) is 49.9 Å². The minimum atomic E-state index is -0.953. The van der Waals surface area contributed by atoms with Crippen molar-refractivity contribution >= 4 is 52.0 Å². The van der Waals surface area contributed by atoms with Crippen molar-refractivity contribution < 1.29 is 29.0 Å². The van der Waals surface area contributed by atoms with Gasteiger partial charge in [0, 0.05) is 40.4 Å². The molecule has 0 saturated carbocycles. The average Bonchev–Trinajstić information content (AvgIpc) is 4.09. The molecule has 69 heavy (non-hydrogen) atoms. The van der Waals surface area contributed by atoms with E-state index in [2.05, 4.69) is 89.6 Å². The van der Waals surface area contributed by atoms with Crippen molar-refractivity contribution in [1.82, 2.24) is 35.6 Å². The number of aromatic nitrogens is 3.